The van der Waals surface area contributed by atoms with Gasteiger partial charge in [0.25, 0.3) is 0 Å². The van der Waals surface area contributed by atoms with Gasteiger partial charge in [-0.25, -0.2) is 0 Å². The van der Waals surface area contributed by atoms with Crippen molar-refractivity contribution in [2.24, 2.45) is 5.73 Å². The summed E-state index contributed by atoms with van der Waals surface area (Å²) >= 11 is 1.91. The molecular weight excluding hydrogens is 240 g/mol. The summed E-state index contributed by atoms with van der Waals surface area (Å²) in [5.41, 5.74) is 8.58. The first-order valence-electron chi connectivity index (χ1n) is 6.57. The van der Waals surface area contributed by atoms with E-state index in [0.717, 1.165) is 0 Å². The van der Waals surface area contributed by atoms with Crippen LogP contribution in [0.25, 0.3) is 0 Å². The van der Waals surface area contributed by atoms with Crippen molar-refractivity contribution in [3.63, 3.8) is 0 Å². The number of thioether (sulfide) groups is 1. The predicted molar refractivity (Wildman–Crippen MR) is 83.2 cm³/mol. The molecule has 2 N–H and O–H groups in total. The second-order valence-corrected chi connectivity index (χ2v) is 5.94. The summed E-state index contributed by atoms with van der Waals surface area (Å²) in [4.78, 5) is 2.40. The SMILES string of the molecule is CSCCC(C)N(C)C(CN)c1ccc(C)cc1. The molecule has 0 saturated carbocycles. The molecule has 1 rings (SSSR count). The highest BCUT2D eigenvalue weighted by molar-refractivity contribution is 7.98. The molecule has 0 heterocycles. The van der Waals surface area contributed by atoms with E-state index in [1.54, 1.807) is 0 Å². The fourth-order valence-corrected chi connectivity index (χ4v) is 2.70. The van der Waals surface area contributed by atoms with E-state index in [1.807, 2.05) is 11.8 Å². The van der Waals surface area contributed by atoms with Crippen LogP contribution in [0.15, 0.2) is 24.3 Å². The highest BCUT2D eigenvalue weighted by atomic mass is 32.2. The van der Waals surface area contributed by atoms with E-state index in [9.17, 15) is 0 Å². The standard InChI is InChI=1S/C15H26N2S/c1-12-5-7-14(8-6-12)15(11-16)17(3)13(2)9-10-18-4/h5-8,13,15H,9-11,16H2,1-4H3. The zero-order valence-electron chi connectivity index (χ0n) is 12.0. The Labute approximate surface area is 116 Å². The summed E-state index contributed by atoms with van der Waals surface area (Å²) in [5, 5.41) is 0. The van der Waals surface area contributed by atoms with Gasteiger partial charge in [0.1, 0.15) is 0 Å². The van der Waals surface area contributed by atoms with Crippen molar-refractivity contribution >= 4 is 11.8 Å². The first-order chi connectivity index (χ1) is 8.60. The van der Waals surface area contributed by atoms with Gasteiger partial charge in [0.15, 0.2) is 0 Å². The van der Waals surface area contributed by atoms with Crippen LogP contribution in [0.5, 0.6) is 0 Å². The van der Waals surface area contributed by atoms with Crippen molar-refractivity contribution in [1.29, 1.82) is 0 Å². The van der Waals surface area contributed by atoms with E-state index in [2.05, 4.69) is 56.3 Å². The summed E-state index contributed by atoms with van der Waals surface area (Å²) in [6, 6.07) is 9.61. The van der Waals surface area contributed by atoms with E-state index in [1.165, 1.54) is 23.3 Å². The molecule has 0 saturated heterocycles. The van der Waals surface area contributed by atoms with Gasteiger partial charge in [-0.05, 0) is 44.9 Å². The number of hydrogen-bond donors (Lipinski definition) is 1. The van der Waals surface area contributed by atoms with E-state index in [-0.39, 0.29) is 0 Å². The van der Waals surface area contributed by atoms with Gasteiger partial charge in [0.2, 0.25) is 0 Å². The number of benzene rings is 1. The van der Waals surface area contributed by atoms with Crippen LogP contribution in [-0.2, 0) is 0 Å². The first kappa shape index (κ1) is 15.5. The Balaban J connectivity index is 2.72. The number of nitrogens with zero attached hydrogens (tertiary/aromatic N) is 1. The minimum absolute atomic E-state index is 0.322. The van der Waals surface area contributed by atoms with Gasteiger partial charge in [0.05, 0.1) is 0 Å². The molecule has 0 aliphatic rings. The lowest BCUT2D eigenvalue weighted by Gasteiger charge is -2.33. The Morgan fingerprint density at radius 3 is 2.39 bits per heavy atom. The Kier molecular flexibility index (Phi) is 6.76. The van der Waals surface area contributed by atoms with Crippen LogP contribution < -0.4 is 5.73 Å². The maximum Gasteiger partial charge on any atom is 0.0470 e. The Morgan fingerprint density at radius 1 is 1.28 bits per heavy atom. The normalized spacial score (nSPS) is 14.8. The third kappa shape index (κ3) is 4.30. The molecule has 1 aromatic rings. The van der Waals surface area contributed by atoms with Gasteiger partial charge in [0, 0.05) is 18.6 Å². The van der Waals surface area contributed by atoms with E-state index < -0.39 is 0 Å². The van der Waals surface area contributed by atoms with Crippen LogP contribution >= 0.6 is 11.8 Å². The molecule has 0 amide bonds. The predicted octanol–water partition coefficient (Wildman–Crippen LogP) is 3.07. The number of hydrogen-bond acceptors (Lipinski definition) is 3. The minimum atomic E-state index is 0.322. The smallest absolute Gasteiger partial charge is 0.0470 e. The van der Waals surface area contributed by atoms with Gasteiger partial charge in [-0.3, -0.25) is 4.90 Å². The second-order valence-electron chi connectivity index (χ2n) is 4.96. The summed E-state index contributed by atoms with van der Waals surface area (Å²) in [6.45, 7) is 5.07. The van der Waals surface area contributed by atoms with Crippen molar-refractivity contribution in [3.05, 3.63) is 35.4 Å². The fourth-order valence-electron chi connectivity index (χ4n) is 2.13. The van der Waals surface area contributed by atoms with E-state index in [4.69, 9.17) is 5.73 Å². The number of aryl methyl sites for hydroxylation is 1. The molecule has 3 heteroatoms. The van der Waals surface area contributed by atoms with Gasteiger partial charge in [-0.15, -0.1) is 0 Å². The van der Waals surface area contributed by atoms with Gasteiger partial charge in [-0.2, -0.15) is 11.8 Å². The Hall–Kier alpha value is -0.510. The fraction of sp³-hybridized carbons (Fsp3) is 0.600. The molecule has 0 spiro atoms. The molecule has 2 atom stereocenters. The van der Waals surface area contributed by atoms with E-state index in [0.29, 0.717) is 18.6 Å². The van der Waals surface area contributed by atoms with Crippen LogP contribution in [0.1, 0.15) is 30.5 Å². The van der Waals surface area contributed by atoms with Crippen molar-refractivity contribution < 1.29 is 0 Å². The van der Waals surface area contributed by atoms with Crippen LogP contribution in [-0.4, -0.2) is 36.5 Å². The Bertz CT molecular complexity index is 337. The second kappa shape index (κ2) is 7.82. The number of nitrogens with two attached hydrogens (primary N) is 1. The molecule has 0 fully saturated rings. The van der Waals surface area contributed by atoms with Crippen molar-refractivity contribution in [1.82, 2.24) is 4.90 Å². The van der Waals surface area contributed by atoms with Crippen LogP contribution in [0.4, 0.5) is 0 Å². The Morgan fingerprint density at radius 2 is 1.89 bits per heavy atom. The maximum absolute atomic E-state index is 5.96. The lowest BCUT2D eigenvalue weighted by molar-refractivity contribution is 0.185. The van der Waals surface area contributed by atoms with Crippen molar-refractivity contribution in [2.45, 2.75) is 32.4 Å². The van der Waals surface area contributed by atoms with Crippen molar-refractivity contribution in [3.8, 4) is 0 Å². The number of likely N-dealkylation sites (N-methyl/N-ethyl adjacent to an activating group) is 1. The minimum Gasteiger partial charge on any atom is -0.329 e. The highest BCUT2D eigenvalue weighted by Gasteiger charge is 2.19. The molecule has 1 aromatic carbocycles. The van der Waals surface area contributed by atoms with Gasteiger partial charge >= 0.3 is 0 Å². The quantitative estimate of drug-likeness (QED) is 0.822. The van der Waals surface area contributed by atoms with Crippen LogP contribution in [0.3, 0.4) is 0 Å². The zero-order valence-corrected chi connectivity index (χ0v) is 12.8. The monoisotopic (exact) mass is 266 g/mol. The molecule has 102 valence electrons. The molecule has 0 radical (unpaired) electrons. The first-order valence-corrected chi connectivity index (χ1v) is 7.97. The molecule has 0 aliphatic carbocycles. The molecule has 0 aromatic heterocycles. The van der Waals surface area contributed by atoms with Gasteiger partial charge in [-0.1, -0.05) is 29.8 Å². The van der Waals surface area contributed by atoms with Gasteiger partial charge < -0.3 is 5.73 Å². The maximum atomic E-state index is 5.96. The summed E-state index contributed by atoms with van der Waals surface area (Å²) in [5.74, 6) is 1.21. The molecule has 0 aliphatic heterocycles. The highest BCUT2D eigenvalue weighted by Crippen LogP contribution is 2.22. The molecule has 2 unspecified atom stereocenters. The molecule has 2 nitrogen and oxygen atoms in total. The lowest BCUT2D eigenvalue weighted by atomic mass is 10.0. The van der Waals surface area contributed by atoms with E-state index >= 15 is 0 Å². The summed E-state index contributed by atoms with van der Waals surface area (Å²) in [7, 11) is 2.18. The van der Waals surface area contributed by atoms with Crippen LogP contribution in [0, 0.1) is 6.92 Å². The molecule has 0 bridgehead atoms. The average molecular weight is 266 g/mol. The average Bonchev–Trinajstić information content (AvgIpc) is 2.38. The summed E-state index contributed by atoms with van der Waals surface area (Å²) in [6.07, 6.45) is 3.37. The lowest BCUT2D eigenvalue weighted by Crippen LogP contribution is -2.37. The molecule has 18 heavy (non-hydrogen) atoms. The third-order valence-corrected chi connectivity index (χ3v) is 4.26. The number of rotatable bonds is 7. The zero-order chi connectivity index (χ0) is 13.5. The molecular formula is C15H26N2S. The largest absolute Gasteiger partial charge is 0.329 e. The third-order valence-electron chi connectivity index (χ3n) is 3.61. The summed E-state index contributed by atoms with van der Waals surface area (Å²) < 4.78 is 0. The topological polar surface area (TPSA) is 29.3 Å². The van der Waals surface area contributed by atoms with Crippen molar-refractivity contribution in [2.75, 3.05) is 25.6 Å². The van der Waals surface area contributed by atoms with Crippen LogP contribution in [0.2, 0.25) is 0 Å².